The first-order valence-corrected chi connectivity index (χ1v) is 3.50. The molecule has 1 heterocycles. The summed E-state index contributed by atoms with van der Waals surface area (Å²) in [6, 6.07) is 0. The van der Waals surface area contributed by atoms with Gasteiger partial charge in [0.15, 0.2) is 5.82 Å². The molecule has 1 aromatic heterocycles. The number of nitrogens with zero attached hydrogens (tertiary/aromatic N) is 2. The molecular weight excluding hydrogens is 185 g/mol. The first-order valence-electron chi connectivity index (χ1n) is 3.50. The molecule has 0 bridgehead atoms. The van der Waals surface area contributed by atoms with Crippen molar-refractivity contribution < 1.29 is 13.2 Å². The highest BCUT2D eigenvalue weighted by Gasteiger charge is 2.36. The minimum absolute atomic E-state index is 0.0557. The molecule has 0 aliphatic rings. The van der Waals surface area contributed by atoms with Crippen LogP contribution >= 0.6 is 0 Å². The van der Waals surface area contributed by atoms with E-state index in [-0.39, 0.29) is 5.82 Å². The first-order chi connectivity index (χ1) is 5.71. The van der Waals surface area contributed by atoms with Crippen molar-refractivity contribution >= 4 is 0 Å². The van der Waals surface area contributed by atoms with E-state index in [1.807, 2.05) is 0 Å². The van der Waals surface area contributed by atoms with Gasteiger partial charge in [-0.1, -0.05) is 0 Å². The molecule has 0 spiro atoms. The fourth-order valence-corrected chi connectivity index (χ4v) is 0.677. The fraction of sp³-hybridized carbons (Fsp3) is 0.667. The quantitative estimate of drug-likeness (QED) is 0.701. The van der Waals surface area contributed by atoms with Gasteiger partial charge < -0.3 is 5.73 Å². The smallest absolute Gasteiger partial charge is 0.319 e. The molecule has 0 saturated carbocycles. The van der Waals surface area contributed by atoms with Gasteiger partial charge in [-0.15, -0.1) is 0 Å². The van der Waals surface area contributed by atoms with Crippen molar-refractivity contribution in [3.8, 4) is 0 Å². The van der Waals surface area contributed by atoms with Crippen LogP contribution in [0.2, 0.25) is 0 Å². The van der Waals surface area contributed by atoms with Crippen LogP contribution < -0.4 is 5.73 Å². The van der Waals surface area contributed by atoms with E-state index in [0.717, 1.165) is 0 Å². The molecule has 0 fully saturated rings. The number of aromatic nitrogens is 3. The Labute approximate surface area is 72.3 Å². The molecule has 13 heavy (non-hydrogen) atoms. The molecule has 1 aromatic rings. The summed E-state index contributed by atoms with van der Waals surface area (Å²) in [4.78, 5) is 3.24. The minimum Gasteiger partial charge on any atom is -0.319 e. The Kier molecular flexibility index (Phi) is 2.07. The number of hydrogen-bond donors (Lipinski definition) is 2. The highest BCUT2D eigenvalue weighted by atomic mass is 19.4. The second-order valence-corrected chi connectivity index (χ2v) is 3.23. The standard InChI is InChI=1S/C6H9F3N4/c1-5(2,10)3-11-4(13-12-3)6(7,8)9/h10H2,1-2H3,(H,11,12,13). The van der Waals surface area contributed by atoms with Crippen LogP contribution in [0.25, 0.3) is 0 Å². The zero-order valence-corrected chi connectivity index (χ0v) is 7.11. The lowest BCUT2D eigenvalue weighted by Crippen LogP contribution is -2.30. The average molecular weight is 194 g/mol. The van der Waals surface area contributed by atoms with Crippen molar-refractivity contribution in [2.45, 2.75) is 25.6 Å². The molecule has 7 heteroatoms. The summed E-state index contributed by atoms with van der Waals surface area (Å²) in [5.74, 6) is -1.18. The zero-order valence-electron chi connectivity index (χ0n) is 7.11. The zero-order chi connectivity index (χ0) is 10.3. The third-order valence-corrected chi connectivity index (χ3v) is 1.33. The molecule has 0 aromatic carbocycles. The van der Waals surface area contributed by atoms with Crippen LogP contribution in [-0.2, 0) is 11.7 Å². The van der Waals surface area contributed by atoms with E-state index in [4.69, 9.17) is 5.73 Å². The van der Waals surface area contributed by atoms with Crippen molar-refractivity contribution in [3.05, 3.63) is 11.6 Å². The Morgan fingerprint density at radius 3 is 2.08 bits per heavy atom. The van der Waals surface area contributed by atoms with Gasteiger partial charge in [-0.3, -0.25) is 5.10 Å². The molecule has 74 valence electrons. The van der Waals surface area contributed by atoms with Crippen LogP contribution in [0.1, 0.15) is 25.5 Å². The molecule has 0 amide bonds. The monoisotopic (exact) mass is 194 g/mol. The van der Waals surface area contributed by atoms with E-state index in [0.29, 0.717) is 0 Å². The molecule has 0 saturated heterocycles. The van der Waals surface area contributed by atoms with Crippen LogP contribution in [-0.4, -0.2) is 15.2 Å². The Bertz CT molecular complexity index is 267. The van der Waals surface area contributed by atoms with Gasteiger partial charge in [-0.05, 0) is 13.8 Å². The van der Waals surface area contributed by atoms with Crippen molar-refractivity contribution in [1.82, 2.24) is 15.2 Å². The molecule has 0 radical (unpaired) electrons. The largest absolute Gasteiger partial charge is 0.451 e. The molecule has 0 atom stereocenters. The molecule has 1 rings (SSSR count). The summed E-state index contributed by atoms with van der Waals surface area (Å²) in [5, 5.41) is 5.16. The van der Waals surface area contributed by atoms with E-state index >= 15 is 0 Å². The molecule has 0 unspecified atom stereocenters. The van der Waals surface area contributed by atoms with E-state index < -0.39 is 17.5 Å². The summed E-state index contributed by atoms with van der Waals surface area (Å²) in [7, 11) is 0. The highest BCUT2D eigenvalue weighted by molar-refractivity contribution is 5.02. The number of rotatable bonds is 1. The minimum atomic E-state index is -4.50. The van der Waals surface area contributed by atoms with Gasteiger partial charge in [0.25, 0.3) is 0 Å². The van der Waals surface area contributed by atoms with Gasteiger partial charge >= 0.3 is 6.18 Å². The predicted molar refractivity (Wildman–Crippen MR) is 38.6 cm³/mol. The number of halogens is 3. The summed E-state index contributed by atoms with van der Waals surface area (Å²) in [5.41, 5.74) is 4.53. The molecule has 0 aliphatic heterocycles. The topological polar surface area (TPSA) is 67.6 Å². The first kappa shape index (κ1) is 9.97. The highest BCUT2D eigenvalue weighted by Crippen LogP contribution is 2.26. The molecule has 4 nitrogen and oxygen atoms in total. The SMILES string of the molecule is CC(C)(N)c1n[nH]c(C(F)(F)F)n1. The second kappa shape index (κ2) is 2.69. The second-order valence-electron chi connectivity index (χ2n) is 3.23. The lowest BCUT2D eigenvalue weighted by atomic mass is 10.1. The van der Waals surface area contributed by atoms with Gasteiger partial charge in [-0.2, -0.15) is 18.3 Å². The van der Waals surface area contributed by atoms with Crippen LogP contribution in [0.5, 0.6) is 0 Å². The van der Waals surface area contributed by atoms with Crippen LogP contribution in [0.3, 0.4) is 0 Å². The maximum atomic E-state index is 12.0. The normalized spacial score (nSPS) is 13.4. The van der Waals surface area contributed by atoms with Gasteiger partial charge in [-0.25, -0.2) is 4.98 Å². The van der Waals surface area contributed by atoms with Crippen LogP contribution in [0.4, 0.5) is 13.2 Å². The summed E-state index contributed by atoms with van der Waals surface area (Å²) in [6.45, 7) is 3.05. The van der Waals surface area contributed by atoms with E-state index in [2.05, 4.69) is 10.1 Å². The Balaban J connectivity index is 3.01. The van der Waals surface area contributed by atoms with Gasteiger partial charge in [0.05, 0.1) is 5.54 Å². The Morgan fingerprint density at radius 2 is 1.85 bits per heavy atom. The van der Waals surface area contributed by atoms with Gasteiger partial charge in [0, 0.05) is 0 Å². The van der Waals surface area contributed by atoms with Gasteiger partial charge in [0.1, 0.15) is 0 Å². The summed E-state index contributed by atoms with van der Waals surface area (Å²) in [6.07, 6.45) is -4.50. The van der Waals surface area contributed by atoms with Crippen molar-refractivity contribution in [1.29, 1.82) is 0 Å². The molecular formula is C6H9F3N4. The Hall–Kier alpha value is -1.11. The summed E-state index contributed by atoms with van der Waals surface area (Å²) < 4.78 is 36.0. The van der Waals surface area contributed by atoms with Crippen LogP contribution in [0, 0.1) is 0 Å². The third kappa shape index (κ3) is 2.18. The summed E-state index contributed by atoms with van der Waals surface area (Å²) >= 11 is 0. The number of aromatic amines is 1. The van der Waals surface area contributed by atoms with Crippen LogP contribution in [0.15, 0.2) is 0 Å². The number of hydrogen-bond acceptors (Lipinski definition) is 3. The lowest BCUT2D eigenvalue weighted by Gasteiger charge is -2.12. The maximum Gasteiger partial charge on any atom is 0.451 e. The molecule has 3 N–H and O–H groups in total. The number of nitrogens with two attached hydrogens (primary N) is 1. The predicted octanol–water partition coefficient (Wildman–Crippen LogP) is 1.02. The third-order valence-electron chi connectivity index (χ3n) is 1.33. The van der Waals surface area contributed by atoms with Crippen molar-refractivity contribution in [3.63, 3.8) is 0 Å². The van der Waals surface area contributed by atoms with E-state index in [1.165, 1.54) is 13.8 Å². The number of alkyl halides is 3. The molecule has 0 aliphatic carbocycles. The van der Waals surface area contributed by atoms with Crippen molar-refractivity contribution in [2.75, 3.05) is 0 Å². The van der Waals surface area contributed by atoms with Gasteiger partial charge in [0.2, 0.25) is 5.82 Å². The Morgan fingerprint density at radius 1 is 1.31 bits per heavy atom. The van der Waals surface area contributed by atoms with E-state index in [9.17, 15) is 13.2 Å². The van der Waals surface area contributed by atoms with E-state index in [1.54, 1.807) is 5.10 Å². The average Bonchev–Trinajstić information content (AvgIpc) is 2.28. The number of H-pyrrole nitrogens is 1. The fourth-order valence-electron chi connectivity index (χ4n) is 0.677. The maximum absolute atomic E-state index is 12.0. The number of nitrogens with one attached hydrogen (secondary N) is 1. The van der Waals surface area contributed by atoms with Crippen molar-refractivity contribution in [2.24, 2.45) is 5.73 Å². The lowest BCUT2D eigenvalue weighted by molar-refractivity contribution is -0.144.